The summed E-state index contributed by atoms with van der Waals surface area (Å²) in [7, 11) is 2.88. The van der Waals surface area contributed by atoms with E-state index in [9.17, 15) is 9.59 Å². The van der Waals surface area contributed by atoms with E-state index in [1.165, 1.54) is 7.11 Å². The third kappa shape index (κ3) is 5.27. The van der Waals surface area contributed by atoms with Crippen LogP contribution in [-0.4, -0.2) is 26.1 Å². The number of hydrogen-bond donors (Lipinski definition) is 1. The molecule has 6 heteroatoms. The van der Waals surface area contributed by atoms with Crippen LogP contribution in [0, 0.1) is 0 Å². The van der Waals surface area contributed by atoms with E-state index in [2.05, 4.69) is 19.2 Å². The van der Waals surface area contributed by atoms with Gasteiger partial charge in [0, 0.05) is 11.1 Å². The molecule has 0 heterocycles. The zero-order valence-corrected chi connectivity index (χ0v) is 18.7. The van der Waals surface area contributed by atoms with Crippen LogP contribution in [0.2, 0.25) is 0 Å². The second kappa shape index (κ2) is 10.5. The molecule has 0 radical (unpaired) electrons. The van der Waals surface area contributed by atoms with Crippen LogP contribution in [-0.2, 0) is 11.3 Å². The van der Waals surface area contributed by atoms with Gasteiger partial charge in [-0.15, -0.1) is 0 Å². The molecule has 1 amide bonds. The first-order valence-corrected chi connectivity index (χ1v) is 10.3. The fourth-order valence-electron chi connectivity index (χ4n) is 3.35. The number of ether oxygens (including phenoxy) is 3. The summed E-state index contributed by atoms with van der Waals surface area (Å²) in [5.41, 5.74) is 2.93. The number of amides is 1. The highest BCUT2D eigenvalue weighted by Gasteiger charge is 2.16. The molecule has 0 saturated heterocycles. The highest BCUT2D eigenvalue weighted by atomic mass is 16.5. The third-order valence-electron chi connectivity index (χ3n) is 5.05. The van der Waals surface area contributed by atoms with Crippen LogP contribution in [0.3, 0.4) is 0 Å². The Balaban J connectivity index is 1.82. The summed E-state index contributed by atoms with van der Waals surface area (Å²) in [6, 6.07) is 19.7. The van der Waals surface area contributed by atoms with Crippen molar-refractivity contribution in [2.75, 3.05) is 19.5 Å². The molecule has 0 spiro atoms. The average Bonchev–Trinajstić information content (AvgIpc) is 2.82. The number of nitrogens with one attached hydrogen (secondary N) is 1. The lowest BCUT2D eigenvalue weighted by Crippen LogP contribution is -2.16. The molecule has 3 aromatic carbocycles. The van der Waals surface area contributed by atoms with Gasteiger partial charge in [-0.2, -0.15) is 0 Å². The normalized spacial score (nSPS) is 10.5. The van der Waals surface area contributed by atoms with Gasteiger partial charge in [-0.3, -0.25) is 4.79 Å². The first-order chi connectivity index (χ1) is 15.4. The van der Waals surface area contributed by atoms with E-state index in [-0.39, 0.29) is 18.1 Å². The molecule has 0 aliphatic rings. The largest absolute Gasteiger partial charge is 0.496 e. The minimum atomic E-state index is -0.520. The lowest BCUT2D eigenvalue weighted by atomic mass is 10.0. The van der Waals surface area contributed by atoms with Gasteiger partial charge in [-0.05, 0) is 47.9 Å². The smallest absolute Gasteiger partial charge is 0.339 e. The number of anilines is 1. The number of para-hydroxylation sites is 2. The topological polar surface area (TPSA) is 73.9 Å². The number of esters is 1. The molecule has 0 saturated carbocycles. The Kier molecular flexibility index (Phi) is 7.49. The van der Waals surface area contributed by atoms with E-state index in [1.54, 1.807) is 49.6 Å². The molecular formula is C26H27NO5. The van der Waals surface area contributed by atoms with Crippen LogP contribution in [0.1, 0.15) is 51.6 Å². The Hall–Kier alpha value is -3.80. The van der Waals surface area contributed by atoms with Crippen molar-refractivity contribution in [3.8, 4) is 11.5 Å². The second-order valence-corrected chi connectivity index (χ2v) is 7.50. The molecule has 0 atom stereocenters. The molecular weight excluding hydrogens is 406 g/mol. The second-order valence-electron chi connectivity index (χ2n) is 7.50. The van der Waals surface area contributed by atoms with Gasteiger partial charge in [0.1, 0.15) is 18.1 Å². The quantitative estimate of drug-likeness (QED) is 0.479. The van der Waals surface area contributed by atoms with Crippen LogP contribution in [0.4, 0.5) is 5.69 Å². The first-order valence-electron chi connectivity index (χ1n) is 10.3. The maximum absolute atomic E-state index is 12.9. The predicted octanol–water partition coefficient (Wildman–Crippen LogP) is 5.44. The predicted molar refractivity (Wildman–Crippen MR) is 124 cm³/mol. The van der Waals surface area contributed by atoms with Crippen molar-refractivity contribution in [2.45, 2.75) is 26.4 Å². The number of benzene rings is 3. The van der Waals surface area contributed by atoms with Crippen molar-refractivity contribution in [3.05, 3.63) is 89.0 Å². The van der Waals surface area contributed by atoms with Crippen LogP contribution in [0.5, 0.6) is 11.5 Å². The summed E-state index contributed by atoms with van der Waals surface area (Å²) >= 11 is 0. The minimum Gasteiger partial charge on any atom is -0.496 e. The summed E-state index contributed by atoms with van der Waals surface area (Å²) in [4.78, 5) is 24.9. The van der Waals surface area contributed by atoms with Gasteiger partial charge in [0.15, 0.2) is 0 Å². The van der Waals surface area contributed by atoms with Gasteiger partial charge in [0.2, 0.25) is 0 Å². The van der Waals surface area contributed by atoms with Gasteiger partial charge >= 0.3 is 5.97 Å². The Morgan fingerprint density at radius 2 is 1.62 bits per heavy atom. The molecule has 166 valence electrons. The molecule has 32 heavy (non-hydrogen) atoms. The summed E-state index contributed by atoms with van der Waals surface area (Å²) < 4.78 is 16.3. The highest BCUT2D eigenvalue weighted by molar-refractivity contribution is 6.08. The monoisotopic (exact) mass is 433 g/mol. The molecule has 3 rings (SSSR count). The lowest BCUT2D eigenvalue weighted by Gasteiger charge is -2.16. The number of carbonyl (C=O) groups excluding carboxylic acids is 2. The lowest BCUT2D eigenvalue weighted by molar-refractivity contribution is 0.0602. The van der Waals surface area contributed by atoms with Crippen molar-refractivity contribution in [1.29, 1.82) is 0 Å². The zero-order valence-electron chi connectivity index (χ0n) is 18.7. The van der Waals surface area contributed by atoms with E-state index in [0.29, 0.717) is 22.9 Å². The molecule has 0 fully saturated rings. The number of methoxy groups -OCH3 is 2. The van der Waals surface area contributed by atoms with E-state index >= 15 is 0 Å². The Labute approximate surface area is 188 Å². The van der Waals surface area contributed by atoms with Crippen LogP contribution < -0.4 is 14.8 Å². The zero-order chi connectivity index (χ0) is 23.1. The summed E-state index contributed by atoms with van der Waals surface area (Å²) in [5.74, 6) is 0.867. The van der Waals surface area contributed by atoms with E-state index in [4.69, 9.17) is 14.2 Å². The number of carbonyl (C=O) groups is 2. The maximum atomic E-state index is 12.9. The molecule has 0 aromatic heterocycles. The molecule has 0 bridgehead atoms. The number of hydrogen-bond acceptors (Lipinski definition) is 5. The minimum absolute atomic E-state index is 0.243. The third-order valence-corrected chi connectivity index (χ3v) is 5.05. The van der Waals surface area contributed by atoms with Crippen LogP contribution in [0.25, 0.3) is 0 Å². The van der Waals surface area contributed by atoms with Crippen molar-refractivity contribution in [2.24, 2.45) is 0 Å². The first kappa shape index (κ1) is 22.9. The summed E-state index contributed by atoms with van der Waals surface area (Å²) in [6.07, 6.45) is 0. The van der Waals surface area contributed by atoms with Crippen molar-refractivity contribution in [1.82, 2.24) is 0 Å². The summed E-state index contributed by atoms with van der Waals surface area (Å²) in [6.45, 7) is 4.46. The van der Waals surface area contributed by atoms with Crippen LogP contribution >= 0.6 is 0 Å². The van der Waals surface area contributed by atoms with Gasteiger partial charge in [0.25, 0.3) is 5.91 Å². The molecule has 6 nitrogen and oxygen atoms in total. The van der Waals surface area contributed by atoms with Gasteiger partial charge in [-0.25, -0.2) is 4.79 Å². The van der Waals surface area contributed by atoms with E-state index < -0.39 is 5.97 Å². The standard InChI is InChI=1S/C26H27NO5/c1-17(2)20-9-6-8-12-24(20)32-16-19-15-18(13-14-23(19)30-3)25(28)27-22-11-7-5-10-21(22)26(29)31-4/h5-15,17H,16H2,1-4H3,(H,27,28). The van der Waals surface area contributed by atoms with Gasteiger partial charge in [-0.1, -0.05) is 44.2 Å². The molecule has 1 N–H and O–H groups in total. The molecule has 0 aliphatic heterocycles. The fraction of sp³-hybridized carbons (Fsp3) is 0.231. The Morgan fingerprint density at radius 3 is 2.34 bits per heavy atom. The van der Waals surface area contributed by atoms with Gasteiger partial charge < -0.3 is 19.5 Å². The van der Waals surface area contributed by atoms with Crippen molar-refractivity contribution >= 4 is 17.6 Å². The van der Waals surface area contributed by atoms with E-state index in [0.717, 1.165) is 16.9 Å². The Bertz CT molecular complexity index is 1110. The van der Waals surface area contributed by atoms with E-state index in [1.807, 2.05) is 24.3 Å². The number of rotatable bonds is 8. The van der Waals surface area contributed by atoms with Crippen molar-refractivity contribution in [3.63, 3.8) is 0 Å². The van der Waals surface area contributed by atoms with Gasteiger partial charge in [0.05, 0.1) is 25.5 Å². The molecule has 0 aliphatic carbocycles. The highest BCUT2D eigenvalue weighted by Crippen LogP contribution is 2.28. The molecule has 0 unspecified atom stereocenters. The summed E-state index contributed by atoms with van der Waals surface area (Å²) in [5, 5.41) is 2.78. The average molecular weight is 434 g/mol. The van der Waals surface area contributed by atoms with Crippen molar-refractivity contribution < 1.29 is 23.8 Å². The fourth-order valence-corrected chi connectivity index (χ4v) is 3.35. The SMILES string of the molecule is COC(=O)c1ccccc1NC(=O)c1ccc(OC)c(COc2ccccc2C(C)C)c1. The van der Waals surface area contributed by atoms with Crippen LogP contribution in [0.15, 0.2) is 66.7 Å². The Morgan fingerprint density at radius 1 is 0.906 bits per heavy atom. The maximum Gasteiger partial charge on any atom is 0.339 e. The molecule has 3 aromatic rings.